The summed E-state index contributed by atoms with van der Waals surface area (Å²) in [5.41, 5.74) is 1.26. The van der Waals surface area contributed by atoms with E-state index in [9.17, 15) is 10.1 Å². The number of hydrogen-bond donors (Lipinski definition) is 0. The van der Waals surface area contributed by atoms with Gasteiger partial charge in [0, 0.05) is 6.07 Å². The first-order valence-corrected chi connectivity index (χ1v) is 4.49. The van der Waals surface area contributed by atoms with Gasteiger partial charge in [0.1, 0.15) is 5.56 Å². The summed E-state index contributed by atoms with van der Waals surface area (Å²) in [6.45, 7) is 1.78. The van der Waals surface area contributed by atoms with Gasteiger partial charge in [-0.1, -0.05) is 24.0 Å². The van der Waals surface area contributed by atoms with Gasteiger partial charge in [0.05, 0.1) is 10.8 Å². The summed E-state index contributed by atoms with van der Waals surface area (Å²) in [6.07, 6.45) is 0. The van der Waals surface area contributed by atoms with Crippen LogP contribution in [0.3, 0.4) is 0 Å². The van der Waals surface area contributed by atoms with Crippen LogP contribution in [-0.2, 0) is 0 Å². The molecule has 0 spiro atoms. The molecule has 1 aromatic carbocycles. The van der Waals surface area contributed by atoms with E-state index in [-0.39, 0.29) is 11.6 Å². The van der Waals surface area contributed by atoms with Gasteiger partial charge in [0.15, 0.2) is 0 Å². The van der Waals surface area contributed by atoms with Crippen LogP contribution in [-0.4, -0.2) is 10.8 Å². The van der Waals surface area contributed by atoms with Crippen molar-refractivity contribution in [2.75, 3.05) is 5.88 Å². The first kappa shape index (κ1) is 10.6. The summed E-state index contributed by atoms with van der Waals surface area (Å²) in [7, 11) is 0. The number of nitro benzene ring substituents is 1. The van der Waals surface area contributed by atoms with Crippen molar-refractivity contribution in [3.05, 3.63) is 39.4 Å². The molecule has 0 aromatic heterocycles. The van der Waals surface area contributed by atoms with Crippen LogP contribution in [0, 0.1) is 28.9 Å². The minimum absolute atomic E-state index is 0.0302. The van der Waals surface area contributed by atoms with Gasteiger partial charge in [-0.25, -0.2) is 0 Å². The zero-order valence-corrected chi connectivity index (χ0v) is 8.34. The van der Waals surface area contributed by atoms with E-state index in [1.54, 1.807) is 19.1 Å². The molecule has 14 heavy (non-hydrogen) atoms. The third kappa shape index (κ3) is 2.24. The van der Waals surface area contributed by atoms with Crippen LogP contribution in [0.5, 0.6) is 0 Å². The van der Waals surface area contributed by atoms with Crippen LogP contribution >= 0.6 is 11.6 Å². The lowest BCUT2D eigenvalue weighted by Gasteiger charge is -1.98. The predicted molar refractivity (Wildman–Crippen MR) is 55.4 cm³/mol. The Morgan fingerprint density at radius 3 is 2.86 bits per heavy atom. The molecular formula is C10H8ClNO2. The molecule has 0 saturated heterocycles. The Bertz CT molecular complexity index is 418. The van der Waals surface area contributed by atoms with Crippen LogP contribution in [0.15, 0.2) is 18.2 Å². The fourth-order valence-corrected chi connectivity index (χ4v) is 1.16. The minimum atomic E-state index is -0.439. The standard InChI is InChI=1S/C10H8ClNO2/c1-8-4-2-6-10(12(13)14)9(8)5-3-7-11/h2,4,6H,7H2,1H3. The summed E-state index contributed by atoms with van der Waals surface area (Å²) in [4.78, 5) is 10.2. The smallest absolute Gasteiger partial charge is 0.258 e. The van der Waals surface area contributed by atoms with Gasteiger partial charge in [-0.15, -0.1) is 11.6 Å². The average Bonchev–Trinajstić information content (AvgIpc) is 2.15. The van der Waals surface area contributed by atoms with Crippen molar-refractivity contribution in [2.45, 2.75) is 6.92 Å². The van der Waals surface area contributed by atoms with E-state index in [0.717, 1.165) is 5.56 Å². The topological polar surface area (TPSA) is 43.1 Å². The Balaban J connectivity index is 3.29. The molecule has 0 amide bonds. The normalized spacial score (nSPS) is 9.00. The summed E-state index contributed by atoms with van der Waals surface area (Å²) < 4.78 is 0. The Hall–Kier alpha value is -1.53. The van der Waals surface area contributed by atoms with Gasteiger partial charge in [0.25, 0.3) is 5.69 Å². The maximum atomic E-state index is 10.6. The largest absolute Gasteiger partial charge is 0.285 e. The molecule has 0 unspecified atom stereocenters. The Labute approximate surface area is 86.8 Å². The molecule has 0 bridgehead atoms. The van der Waals surface area contributed by atoms with Crippen molar-refractivity contribution >= 4 is 17.3 Å². The van der Waals surface area contributed by atoms with Gasteiger partial charge in [-0.3, -0.25) is 10.1 Å². The van der Waals surface area contributed by atoms with Crippen LogP contribution in [0.1, 0.15) is 11.1 Å². The molecule has 0 aliphatic carbocycles. The van der Waals surface area contributed by atoms with Crippen molar-refractivity contribution < 1.29 is 4.92 Å². The zero-order chi connectivity index (χ0) is 10.6. The number of nitro groups is 1. The number of hydrogen-bond acceptors (Lipinski definition) is 2. The number of benzene rings is 1. The first-order chi connectivity index (χ1) is 6.66. The highest BCUT2D eigenvalue weighted by molar-refractivity contribution is 6.19. The van der Waals surface area contributed by atoms with Crippen LogP contribution in [0.2, 0.25) is 0 Å². The van der Waals surface area contributed by atoms with Crippen molar-refractivity contribution in [3.8, 4) is 11.8 Å². The molecular weight excluding hydrogens is 202 g/mol. The van der Waals surface area contributed by atoms with E-state index in [2.05, 4.69) is 11.8 Å². The van der Waals surface area contributed by atoms with Crippen molar-refractivity contribution in [3.63, 3.8) is 0 Å². The molecule has 1 aromatic rings. The van der Waals surface area contributed by atoms with Gasteiger partial charge >= 0.3 is 0 Å². The van der Waals surface area contributed by atoms with E-state index in [1.807, 2.05) is 0 Å². The van der Waals surface area contributed by atoms with Crippen molar-refractivity contribution in [1.82, 2.24) is 0 Å². The molecule has 0 heterocycles. The highest BCUT2D eigenvalue weighted by Crippen LogP contribution is 2.20. The second-order valence-electron chi connectivity index (χ2n) is 2.66. The Kier molecular flexibility index (Phi) is 3.49. The van der Waals surface area contributed by atoms with Crippen LogP contribution in [0.4, 0.5) is 5.69 Å². The molecule has 4 heteroatoms. The molecule has 0 fully saturated rings. The lowest BCUT2D eigenvalue weighted by Crippen LogP contribution is -1.94. The van der Waals surface area contributed by atoms with Gasteiger partial charge < -0.3 is 0 Å². The maximum absolute atomic E-state index is 10.6. The van der Waals surface area contributed by atoms with Gasteiger partial charge in [-0.05, 0) is 12.5 Å². The molecule has 3 nitrogen and oxygen atoms in total. The van der Waals surface area contributed by atoms with Crippen LogP contribution < -0.4 is 0 Å². The average molecular weight is 210 g/mol. The minimum Gasteiger partial charge on any atom is -0.258 e. The van der Waals surface area contributed by atoms with E-state index in [0.29, 0.717) is 5.56 Å². The van der Waals surface area contributed by atoms with Gasteiger partial charge in [0.2, 0.25) is 0 Å². The molecule has 1 rings (SSSR count). The third-order valence-corrected chi connectivity index (χ3v) is 1.86. The monoisotopic (exact) mass is 209 g/mol. The summed E-state index contributed by atoms with van der Waals surface area (Å²) in [5, 5.41) is 10.6. The number of rotatable bonds is 1. The Morgan fingerprint density at radius 2 is 2.29 bits per heavy atom. The molecule has 0 aliphatic heterocycles. The molecule has 0 N–H and O–H groups in total. The van der Waals surface area contributed by atoms with Crippen molar-refractivity contribution in [1.29, 1.82) is 0 Å². The molecule has 0 aliphatic rings. The number of nitrogens with zero attached hydrogens (tertiary/aromatic N) is 1. The SMILES string of the molecule is Cc1cccc([N+](=O)[O-])c1C#CCCl. The first-order valence-electron chi connectivity index (χ1n) is 3.95. The highest BCUT2D eigenvalue weighted by Gasteiger charge is 2.12. The predicted octanol–water partition coefficient (Wildman–Crippen LogP) is 2.49. The van der Waals surface area contributed by atoms with E-state index < -0.39 is 4.92 Å². The molecule has 72 valence electrons. The van der Waals surface area contributed by atoms with E-state index >= 15 is 0 Å². The second-order valence-corrected chi connectivity index (χ2v) is 2.93. The third-order valence-electron chi connectivity index (χ3n) is 1.73. The highest BCUT2D eigenvalue weighted by atomic mass is 35.5. The molecule has 0 radical (unpaired) electrons. The quantitative estimate of drug-likeness (QED) is 0.309. The van der Waals surface area contributed by atoms with E-state index in [4.69, 9.17) is 11.6 Å². The fraction of sp³-hybridized carbons (Fsp3) is 0.200. The maximum Gasteiger partial charge on any atom is 0.285 e. The summed E-state index contributed by atoms with van der Waals surface area (Å²) >= 11 is 5.39. The van der Waals surface area contributed by atoms with Crippen LogP contribution in [0.25, 0.3) is 0 Å². The summed E-state index contributed by atoms with van der Waals surface area (Å²) in [5.74, 6) is 5.47. The zero-order valence-electron chi connectivity index (χ0n) is 7.58. The van der Waals surface area contributed by atoms with Crippen molar-refractivity contribution in [2.24, 2.45) is 0 Å². The number of aryl methyl sites for hydroxylation is 1. The Morgan fingerprint density at radius 1 is 1.57 bits per heavy atom. The lowest BCUT2D eigenvalue weighted by atomic mass is 10.1. The molecule has 0 saturated carbocycles. The molecule has 0 atom stereocenters. The van der Waals surface area contributed by atoms with Gasteiger partial charge in [-0.2, -0.15) is 0 Å². The second kappa shape index (κ2) is 4.64. The van der Waals surface area contributed by atoms with E-state index in [1.165, 1.54) is 6.07 Å². The summed E-state index contributed by atoms with van der Waals surface area (Å²) in [6, 6.07) is 4.86. The lowest BCUT2D eigenvalue weighted by molar-refractivity contribution is -0.385. The fourth-order valence-electron chi connectivity index (χ4n) is 1.09. The number of alkyl halides is 1. The number of halogens is 1.